The summed E-state index contributed by atoms with van der Waals surface area (Å²) in [4.78, 5) is 17.6. The van der Waals surface area contributed by atoms with Crippen molar-refractivity contribution in [3.8, 4) is 0 Å². The average molecular weight is 323 g/mol. The van der Waals surface area contributed by atoms with E-state index in [0.29, 0.717) is 24.9 Å². The number of likely N-dealkylation sites (tertiary alicyclic amines) is 1. The molecule has 2 saturated heterocycles. The maximum absolute atomic E-state index is 13.0. The summed E-state index contributed by atoms with van der Waals surface area (Å²) in [6, 6.07) is 0.402. The van der Waals surface area contributed by atoms with Crippen LogP contribution in [0.25, 0.3) is 0 Å². The SMILES string of the molecule is NCC1(CC(=O)N2CCCC2CN2CCOCC2)CCCCC1. The third-order valence-corrected chi connectivity index (χ3v) is 6.14. The normalized spacial score (nSPS) is 28.9. The second-order valence-corrected chi connectivity index (χ2v) is 7.74. The first-order chi connectivity index (χ1) is 11.2. The van der Waals surface area contributed by atoms with E-state index < -0.39 is 0 Å². The van der Waals surface area contributed by atoms with E-state index in [9.17, 15) is 4.79 Å². The number of nitrogens with zero attached hydrogens (tertiary/aromatic N) is 2. The first-order valence-electron chi connectivity index (χ1n) is 9.52. The lowest BCUT2D eigenvalue weighted by Crippen LogP contribution is -2.48. The highest BCUT2D eigenvalue weighted by molar-refractivity contribution is 5.77. The van der Waals surface area contributed by atoms with Gasteiger partial charge in [-0.25, -0.2) is 0 Å². The fourth-order valence-electron chi connectivity index (χ4n) is 4.61. The lowest BCUT2D eigenvalue weighted by atomic mass is 9.71. The van der Waals surface area contributed by atoms with Crippen molar-refractivity contribution >= 4 is 5.91 Å². The summed E-state index contributed by atoms with van der Waals surface area (Å²) in [5.74, 6) is 0.355. The van der Waals surface area contributed by atoms with Crippen LogP contribution in [0.4, 0.5) is 0 Å². The van der Waals surface area contributed by atoms with Crippen molar-refractivity contribution < 1.29 is 9.53 Å². The second-order valence-electron chi connectivity index (χ2n) is 7.74. The maximum Gasteiger partial charge on any atom is 0.223 e. The molecule has 2 N–H and O–H groups in total. The molecule has 5 heteroatoms. The minimum Gasteiger partial charge on any atom is -0.379 e. The lowest BCUT2D eigenvalue weighted by molar-refractivity contribution is -0.135. The third kappa shape index (κ3) is 4.25. The maximum atomic E-state index is 13.0. The quantitative estimate of drug-likeness (QED) is 0.835. The van der Waals surface area contributed by atoms with E-state index in [-0.39, 0.29) is 5.41 Å². The predicted molar refractivity (Wildman–Crippen MR) is 91.2 cm³/mol. The van der Waals surface area contributed by atoms with Gasteiger partial charge in [0.05, 0.1) is 13.2 Å². The van der Waals surface area contributed by atoms with Crippen molar-refractivity contribution in [3.05, 3.63) is 0 Å². The molecule has 0 spiro atoms. The monoisotopic (exact) mass is 323 g/mol. The van der Waals surface area contributed by atoms with Gasteiger partial charge in [0.15, 0.2) is 0 Å². The molecular weight excluding hydrogens is 290 g/mol. The van der Waals surface area contributed by atoms with Crippen LogP contribution in [0.2, 0.25) is 0 Å². The molecule has 23 heavy (non-hydrogen) atoms. The molecular formula is C18H33N3O2. The van der Waals surface area contributed by atoms with Crippen molar-refractivity contribution in [2.75, 3.05) is 45.9 Å². The third-order valence-electron chi connectivity index (χ3n) is 6.14. The standard InChI is InChI=1S/C18H33N3O2/c19-15-18(6-2-1-3-7-18)13-17(22)21-8-4-5-16(21)14-20-9-11-23-12-10-20/h16H,1-15,19H2. The van der Waals surface area contributed by atoms with E-state index in [1.54, 1.807) is 0 Å². The highest BCUT2D eigenvalue weighted by Gasteiger charge is 2.37. The van der Waals surface area contributed by atoms with Gasteiger partial charge in [-0.3, -0.25) is 9.69 Å². The van der Waals surface area contributed by atoms with E-state index in [0.717, 1.165) is 65.1 Å². The molecule has 1 amide bonds. The van der Waals surface area contributed by atoms with Gasteiger partial charge in [-0.05, 0) is 37.6 Å². The van der Waals surface area contributed by atoms with Crippen LogP contribution in [0, 0.1) is 5.41 Å². The fourth-order valence-corrected chi connectivity index (χ4v) is 4.61. The first kappa shape index (κ1) is 17.2. The summed E-state index contributed by atoms with van der Waals surface area (Å²) < 4.78 is 5.43. The van der Waals surface area contributed by atoms with Gasteiger partial charge in [0.25, 0.3) is 0 Å². The molecule has 5 nitrogen and oxygen atoms in total. The summed E-state index contributed by atoms with van der Waals surface area (Å²) in [5, 5.41) is 0. The van der Waals surface area contributed by atoms with Gasteiger partial charge in [0, 0.05) is 38.6 Å². The van der Waals surface area contributed by atoms with Crippen LogP contribution in [-0.4, -0.2) is 67.7 Å². The number of morpholine rings is 1. The van der Waals surface area contributed by atoms with E-state index in [1.165, 1.54) is 19.3 Å². The Balaban J connectivity index is 1.56. The minimum absolute atomic E-state index is 0.0848. The average Bonchev–Trinajstić information content (AvgIpc) is 3.05. The van der Waals surface area contributed by atoms with Crippen molar-refractivity contribution in [2.45, 2.75) is 57.4 Å². The summed E-state index contributed by atoms with van der Waals surface area (Å²) >= 11 is 0. The summed E-state index contributed by atoms with van der Waals surface area (Å²) in [6.07, 6.45) is 9.02. The number of hydrogen-bond acceptors (Lipinski definition) is 4. The molecule has 1 atom stereocenters. The van der Waals surface area contributed by atoms with Crippen molar-refractivity contribution in [2.24, 2.45) is 11.1 Å². The summed E-state index contributed by atoms with van der Waals surface area (Å²) in [5.41, 5.74) is 6.16. The molecule has 1 unspecified atom stereocenters. The van der Waals surface area contributed by atoms with Gasteiger partial charge in [-0.15, -0.1) is 0 Å². The number of carbonyl (C=O) groups is 1. The number of nitrogens with two attached hydrogens (primary N) is 1. The van der Waals surface area contributed by atoms with Crippen molar-refractivity contribution in [3.63, 3.8) is 0 Å². The van der Waals surface area contributed by atoms with Gasteiger partial charge in [-0.1, -0.05) is 19.3 Å². The number of ether oxygens (including phenoxy) is 1. The highest BCUT2D eigenvalue weighted by Crippen LogP contribution is 2.39. The molecule has 3 fully saturated rings. The molecule has 2 heterocycles. The molecule has 132 valence electrons. The van der Waals surface area contributed by atoms with Crippen LogP contribution in [0.5, 0.6) is 0 Å². The molecule has 3 rings (SSSR count). The van der Waals surface area contributed by atoms with E-state index in [1.807, 2.05) is 0 Å². The molecule has 3 aliphatic rings. The van der Waals surface area contributed by atoms with Gasteiger partial charge in [0.2, 0.25) is 5.91 Å². The zero-order chi connectivity index (χ0) is 16.1. The Morgan fingerprint density at radius 3 is 2.52 bits per heavy atom. The van der Waals surface area contributed by atoms with Crippen LogP contribution < -0.4 is 5.73 Å². The van der Waals surface area contributed by atoms with Gasteiger partial charge < -0.3 is 15.4 Å². The first-order valence-corrected chi connectivity index (χ1v) is 9.52. The predicted octanol–water partition coefficient (Wildman–Crippen LogP) is 1.61. The topological polar surface area (TPSA) is 58.8 Å². The highest BCUT2D eigenvalue weighted by atomic mass is 16.5. The number of rotatable bonds is 5. The molecule has 1 aliphatic carbocycles. The lowest BCUT2D eigenvalue weighted by Gasteiger charge is -2.38. The second kappa shape index (κ2) is 7.95. The van der Waals surface area contributed by atoms with Gasteiger partial charge >= 0.3 is 0 Å². The summed E-state index contributed by atoms with van der Waals surface area (Å²) in [6.45, 7) is 6.30. The largest absolute Gasteiger partial charge is 0.379 e. The Bertz CT molecular complexity index is 390. The Kier molecular flexibility index (Phi) is 5.94. The zero-order valence-electron chi connectivity index (χ0n) is 14.5. The molecule has 0 radical (unpaired) electrons. The molecule has 0 bridgehead atoms. The molecule has 0 aromatic heterocycles. The van der Waals surface area contributed by atoms with Gasteiger partial charge in [0.1, 0.15) is 0 Å². The molecule has 1 saturated carbocycles. The molecule has 0 aromatic rings. The van der Waals surface area contributed by atoms with Crippen LogP contribution in [0.3, 0.4) is 0 Å². The van der Waals surface area contributed by atoms with E-state index in [2.05, 4.69) is 9.80 Å². The van der Waals surface area contributed by atoms with Crippen molar-refractivity contribution in [1.82, 2.24) is 9.80 Å². The van der Waals surface area contributed by atoms with Crippen LogP contribution in [0.1, 0.15) is 51.4 Å². The molecule has 0 aromatic carbocycles. The smallest absolute Gasteiger partial charge is 0.223 e. The Hall–Kier alpha value is -0.650. The van der Waals surface area contributed by atoms with Crippen molar-refractivity contribution in [1.29, 1.82) is 0 Å². The number of carbonyl (C=O) groups excluding carboxylic acids is 1. The van der Waals surface area contributed by atoms with Crippen LogP contribution in [-0.2, 0) is 9.53 Å². The Labute approximate surface area is 140 Å². The van der Waals surface area contributed by atoms with E-state index >= 15 is 0 Å². The van der Waals surface area contributed by atoms with E-state index in [4.69, 9.17) is 10.5 Å². The Morgan fingerprint density at radius 2 is 1.83 bits per heavy atom. The van der Waals surface area contributed by atoms with Crippen LogP contribution in [0.15, 0.2) is 0 Å². The summed E-state index contributed by atoms with van der Waals surface area (Å²) in [7, 11) is 0. The number of hydrogen-bond donors (Lipinski definition) is 1. The molecule has 2 aliphatic heterocycles. The Morgan fingerprint density at radius 1 is 1.09 bits per heavy atom. The number of amides is 1. The minimum atomic E-state index is 0.0848. The van der Waals surface area contributed by atoms with Gasteiger partial charge in [-0.2, -0.15) is 0 Å². The van der Waals surface area contributed by atoms with Crippen LogP contribution >= 0.6 is 0 Å². The zero-order valence-corrected chi connectivity index (χ0v) is 14.5. The fraction of sp³-hybridized carbons (Fsp3) is 0.944.